The number of amides is 2. The maximum atomic E-state index is 12.3. The third-order valence-corrected chi connectivity index (χ3v) is 4.53. The lowest BCUT2D eigenvalue weighted by atomic mass is 9.97. The van der Waals surface area contributed by atoms with Gasteiger partial charge in [-0.25, -0.2) is 0 Å². The van der Waals surface area contributed by atoms with Crippen LogP contribution in [0, 0.1) is 11.8 Å². The Hall–Kier alpha value is -1.14. The molecule has 0 aromatic heterocycles. The van der Waals surface area contributed by atoms with Gasteiger partial charge in [0.05, 0.1) is 12.5 Å². The first-order valence-corrected chi connectivity index (χ1v) is 7.50. The van der Waals surface area contributed by atoms with Crippen molar-refractivity contribution in [3.63, 3.8) is 0 Å². The summed E-state index contributed by atoms with van der Waals surface area (Å²) < 4.78 is 0. The number of carbonyl (C=O) groups excluding carboxylic acids is 2. The van der Waals surface area contributed by atoms with Crippen LogP contribution in [0.25, 0.3) is 0 Å². The second-order valence-electron chi connectivity index (χ2n) is 6.14. The maximum Gasteiger partial charge on any atom is 0.236 e. The van der Waals surface area contributed by atoms with Crippen LogP contribution in [0.2, 0.25) is 0 Å². The second kappa shape index (κ2) is 6.54. The van der Waals surface area contributed by atoms with Crippen molar-refractivity contribution < 1.29 is 9.59 Å². The van der Waals surface area contributed by atoms with Gasteiger partial charge >= 0.3 is 0 Å². The predicted molar refractivity (Wildman–Crippen MR) is 76.7 cm³/mol. The summed E-state index contributed by atoms with van der Waals surface area (Å²) in [6.07, 6.45) is 4.08. The third kappa shape index (κ3) is 3.70. The fraction of sp³-hybridized carbons (Fsp3) is 0.857. The molecule has 4 N–H and O–H groups in total. The highest BCUT2D eigenvalue weighted by molar-refractivity contribution is 5.81. The van der Waals surface area contributed by atoms with Crippen molar-refractivity contribution in [2.24, 2.45) is 23.3 Å². The molecule has 2 unspecified atom stereocenters. The zero-order valence-corrected chi connectivity index (χ0v) is 12.3. The third-order valence-electron chi connectivity index (χ3n) is 4.53. The lowest BCUT2D eigenvalue weighted by Crippen LogP contribution is -2.50. The van der Waals surface area contributed by atoms with Gasteiger partial charge in [0, 0.05) is 25.7 Å². The van der Waals surface area contributed by atoms with Gasteiger partial charge in [-0.2, -0.15) is 0 Å². The van der Waals surface area contributed by atoms with Crippen LogP contribution in [0.15, 0.2) is 0 Å². The van der Waals surface area contributed by atoms with Gasteiger partial charge in [0.15, 0.2) is 0 Å². The second-order valence-corrected chi connectivity index (χ2v) is 6.14. The molecule has 1 aliphatic carbocycles. The van der Waals surface area contributed by atoms with E-state index in [0.29, 0.717) is 31.6 Å². The molecule has 0 radical (unpaired) electrons. The van der Waals surface area contributed by atoms with Crippen LogP contribution in [-0.2, 0) is 9.59 Å². The number of nitrogens with zero attached hydrogens (tertiary/aromatic N) is 2. The van der Waals surface area contributed by atoms with Crippen molar-refractivity contribution >= 4 is 11.8 Å². The number of nitrogens with two attached hydrogens (primary N) is 2. The lowest BCUT2D eigenvalue weighted by molar-refractivity contribution is -0.136. The van der Waals surface area contributed by atoms with E-state index in [9.17, 15) is 9.59 Å². The van der Waals surface area contributed by atoms with E-state index in [0.717, 1.165) is 19.4 Å². The lowest BCUT2D eigenvalue weighted by Gasteiger charge is -2.34. The van der Waals surface area contributed by atoms with Gasteiger partial charge < -0.3 is 16.4 Å². The Labute approximate surface area is 120 Å². The number of carbonyl (C=O) groups is 2. The number of hydrogen-bond acceptors (Lipinski definition) is 4. The molecule has 0 aromatic carbocycles. The Bertz CT molecular complexity index is 370. The molecule has 1 saturated heterocycles. The first kappa shape index (κ1) is 15.3. The van der Waals surface area contributed by atoms with Crippen LogP contribution in [0.4, 0.5) is 0 Å². The van der Waals surface area contributed by atoms with Crippen LogP contribution in [0.5, 0.6) is 0 Å². The molecular formula is C14H26N4O2. The van der Waals surface area contributed by atoms with Crippen LogP contribution < -0.4 is 11.5 Å². The average Bonchev–Trinajstić information content (AvgIpc) is 3.24. The summed E-state index contributed by atoms with van der Waals surface area (Å²) in [6.45, 7) is 2.17. The molecule has 1 saturated carbocycles. The minimum atomic E-state index is -0.298. The van der Waals surface area contributed by atoms with E-state index in [4.69, 9.17) is 11.5 Å². The van der Waals surface area contributed by atoms with Gasteiger partial charge in [0.2, 0.25) is 11.8 Å². The molecule has 2 fully saturated rings. The molecule has 0 aromatic rings. The Morgan fingerprint density at radius 3 is 2.60 bits per heavy atom. The summed E-state index contributed by atoms with van der Waals surface area (Å²) in [5, 5.41) is 0. The fourth-order valence-electron chi connectivity index (χ4n) is 3.08. The van der Waals surface area contributed by atoms with E-state index in [-0.39, 0.29) is 17.7 Å². The first-order chi connectivity index (χ1) is 9.52. The SMILES string of the molecule is CN(CC(=O)N1CCCC(C(N)=O)C1)C(CN)C1CC1. The van der Waals surface area contributed by atoms with Crippen LogP contribution in [-0.4, -0.2) is 60.9 Å². The zero-order chi connectivity index (χ0) is 14.7. The summed E-state index contributed by atoms with van der Waals surface area (Å²) in [5.74, 6) is 0.246. The summed E-state index contributed by atoms with van der Waals surface area (Å²) in [4.78, 5) is 27.4. The normalized spacial score (nSPS) is 24.8. The van der Waals surface area contributed by atoms with Crippen molar-refractivity contribution in [3.05, 3.63) is 0 Å². The molecule has 2 amide bonds. The van der Waals surface area contributed by atoms with Gasteiger partial charge in [-0.3, -0.25) is 14.5 Å². The molecule has 1 aliphatic heterocycles. The number of likely N-dealkylation sites (tertiary alicyclic amines) is 1. The van der Waals surface area contributed by atoms with E-state index in [1.165, 1.54) is 12.8 Å². The quantitative estimate of drug-likeness (QED) is 0.679. The summed E-state index contributed by atoms with van der Waals surface area (Å²) >= 11 is 0. The Kier molecular flexibility index (Phi) is 4.99. The molecule has 2 atom stereocenters. The topological polar surface area (TPSA) is 92.7 Å². The standard InChI is InChI=1S/C14H26N4O2/c1-17(12(7-15)10-4-5-10)9-13(19)18-6-2-3-11(8-18)14(16)20/h10-12H,2-9,15H2,1H3,(H2,16,20). The molecule has 0 bridgehead atoms. The van der Waals surface area contributed by atoms with Gasteiger partial charge in [-0.1, -0.05) is 0 Å². The molecule has 2 aliphatic rings. The predicted octanol–water partition coefficient (Wildman–Crippen LogP) is -0.621. The largest absolute Gasteiger partial charge is 0.369 e. The number of hydrogen-bond donors (Lipinski definition) is 2. The van der Waals surface area contributed by atoms with Crippen molar-refractivity contribution in [1.82, 2.24) is 9.80 Å². The zero-order valence-electron chi connectivity index (χ0n) is 12.3. The summed E-state index contributed by atoms with van der Waals surface area (Å²) in [5.41, 5.74) is 11.1. The molecule has 6 nitrogen and oxygen atoms in total. The number of likely N-dealkylation sites (N-methyl/N-ethyl adjacent to an activating group) is 1. The van der Waals surface area contributed by atoms with E-state index in [1.807, 2.05) is 7.05 Å². The van der Waals surface area contributed by atoms with E-state index < -0.39 is 0 Å². The minimum Gasteiger partial charge on any atom is -0.369 e. The fourth-order valence-corrected chi connectivity index (χ4v) is 3.08. The highest BCUT2D eigenvalue weighted by atomic mass is 16.2. The smallest absolute Gasteiger partial charge is 0.236 e. The van der Waals surface area contributed by atoms with Gasteiger partial charge in [0.25, 0.3) is 0 Å². The molecule has 114 valence electrons. The van der Waals surface area contributed by atoms with Crippen molar-refractivity contribution in [3.8, 4) is 0 Å². The van der Waals surface area contributed by atoms with Gasteiger partial charge in [-0.05, 0) is 38.6 Å². The van der Waals surface area contributed by atoms with Gasteiger partial charge in [0.1, 0.15) is 0 Å². The molecular weight excluding hydrogens is 256 g/mol. The van der Waals surface area contributed by atoms with Crippen LogP contribution >= 0.6 is 0 Å². The van der Waals surface area contributed by atoms with E-state index in [2.05, 4.69) is 4.90 Å². The van der Waals surface area contributed by atoms with E-state index >= 15 is 0 Å². The molecule has 20 heavy (non-hydrogen) atoms. The molecule has 2 rings (SSSR count). The first-order valence-electron chi connectivity index (χ1n) is 7.50. The number of piperidine rings is 1. The molecule has 6 heteroatoms. The monoisotopic (exact) mass is 282 g/mol. The Balaban J connectivity index is 1.85. The molecule has 1 heterocycles. The van der Waals surface area contributed by atoms with Crippen LogP contribution in [0.3, 0.4) is 0 Å². The van der Waals surface area contributed by atoms with E-state index in [1.54, 1.807) is 4.90 Å². The summed E-state index contributed by atoms with van der Waals surface area (Å²) in [6, 6.07) is 0.302. The maximum absolute atomic E-state index is 12.3. The summed E-state index contributed by atoms with van der Waals surface area (Å²) in [7, 11) is 1.96. The minimum absolute atomic E-state index is 0.0811. The van der Waals surface area contributed by atoms with Crippen molar-refractivity contribution in [2.75, 3.05) is 33.2 Å². The number of primary amides is 1. The average molecular weight is 282 g/mol. The van der Waals surface area contributed by atoms with Crippen LogP contribution in [0.1, 0.15) is 25.7 Å². The Morgan fingerprint density at radius 2 is 2.05 bits per heavy atom. The molecule has 0 spiro atoms. The highest BCUT2D eigenvalue weighted by Crippen LogP contribution is 2.34. The van der Waals surface area contributed by atoms with Crippen molar-refractivity contribution in [1.29, 1.82) is 0 Å². The highest BCUT2D eigenvalue weighted by Gasteiger charge is 2.34. The van der Waals surface area contributed by atoms with Gasteiger partial charge in [-0.15, -0.1) is 0 Å². The Morgan fingerprint density at radius 1 is 1.35 bits per heavy atom. The number of rotatable bonds is 6. The van der Waals surface area contributed by atoms with Crippen molar-refractivity contribution in [2.45, 2.75) is 31.7 Å².